The number of phenols is 1. The van der Waals surface area contributed by atoms with Gasteiger partial charge < -0.3 is 32.7 Å². The van der Waals surface area contributed by atoms with Gasteiger partial charge in [-0.1, -0.05) is 6.07 Å². The first-order valence-electron chi connectivity index (χ1n) is 4.38. The summed E-state index contributed by atoms with van der Waals surface area (Å²) in [6.07, 6.45) is -0.588. The zero-order valence-electron chi connectivity index (χ0n) is 8.70. The standard InChI is InChI=1S/C10H15NO3.ClH/c1-11-6-9(13)7-3-4-8(12)10(5-7)14-2;/h3-5,9,11-13H,6H2,1-2H3;1H/p-1. The molecule has 86 valence electrons. The van der Waals surface area contributed by atoms with E-state index in [-0.39, 0.29) is 18.2 Å². The molecule has 1 rings (SSSR count). The number of benzene rings is 1. The Morgan fingerprint density at radius 3 is 2.67 bits per heavy atom. The zero-order valence-corrected chi connectivity index (χ0v) is 9.45. The molecular formula is C10H15ClNO3-. The van der Waals surface area contributed by atoms with Crippen molar-refractivity contribution in [3.63, 3.8) is 0 Å². The Kier molecular flexibility index (Phi) is 6.08. The molecule has 3 N–H and O–H groups in total. The molecule has 15 heavy (non-hydrogen) atoms. The summed E-state index contributed by atoms with van der Waals surface area (Å²) in [6.45, 7) is 0.466. The van der Waals surface area contributed by atoms with Crippen LogP contribution < -0.4 is 22.5 Å². The number of halogens is 1. The molecule has 0 aromatic heterocycles. The lowest BCUT2D eigenvalue weighted by Gasteiger charge is -2.12. The summed E-state index contributed by atoms with van der Waals surface area (Å²) in [5, 5.41) is 21.8. The molecule has 0 amide bonds. The van der Waals surface area contributed by atoms with Gasteiger partial charge in [0.25, 0.3) is 0 Å². The fourth-order valence-electron chi connectivity index (χ4n) is 1.21. The van der Waals surface area contributed by atoms with Gasteiger partial charge >= 0.3 is 0 Å². The van der Waals surface area contributed by atoms with Crippen molar-refractivity contribution < 1.29 is 27.4 Å². The number of aliphatic hydroxyl groups excluding tert-OH is 1. The van der Waals surface area contributed by atoms with Gasteiger partial charge in [0, 0.05) is 6.54 Å². The molecule has 1 aromatic rings. The number of likely N-dealkylation sites (N-methyl/N-ethyl adjacent to an activating group) is 1. The number of phenolic OH excluding ortho intramolecular Hbond substituents is 1. The Labute approximate surface area is 95.3 Å². The Morgan fingerprint density at radius 2 is 2.13 bits per heavy atom. The van der Waals surface area contributed by atoms with E-state index >= 15 is 0 Å². The van der Waals surface area contributed by atoms with Gasteiger partial charge in [0.05, 0.1) is 13.2 Å². The number of hydrogen-bond donors (Lipinski definition) is 3. The maximum Gasteiger partial charge on any atom is 0.160 e. The molecule has 0 saturated carbocycles. The number of rotatable bonds is 4. The molecule has 0 fully saturated rings. The normalized spacial score (nSPS) is 11.7. The van der Waals surface area contributed by atoms with Crippen LogP contribution in [-0.2, 0) is 0 Å². The second kappa shape index (κ2) is 6.50. The number of aliphatic hydroxyl groups is 1. The molecule has 0 aliphatic heterocycles. The van der Waals surface area contributed by atoms with Gasteiger partial charge in [0.1, 0.15) is 0 Å². The summed E-state index contributed by atoms with van der Waals surface area (Å²) in [7, 11) is 3.24. The molecule has 0 radical (unpaired) electrons. The van der Waals surface area contributed by atoms with E-state index in [9.17, 15) is 10.2 Å². The molecular weight excluding hydrogens is 218 g/mol. The lowest BCUT2D eigenvalue weighted by Crippen LogP contribution is -3.00. The molecule has 0 aliphatic carbocycles. The van der Waals surface area contributed by atoms with E-state index in [1.54, 1.807) is 19.2 Å². The van der Waals surface area contributed by atoms with Crippen LogP contribution in [-0.4, -0.2) is 30.9 Å². The fourth-order valence-corrected chi connectivity index (χ4v) is 1.21. The molecule has 0 aliphatic rings. The highest BCUT2D eigenvalue weighted by atomic mass is 35.5. The summed E-state index contributed by atoms with van der Waals surface area (Å²) < 4.78 is 4.93. The van der Waals surface area contributed by atoms with E-state index in [1.165, 1.54) is 13.2 Å². The van der Waals surface area contributed by atoms with Crippen molar-refractivity contribution in [2.45, 2.75) is 6.10 Å². The van der Waals surface area contributed by atoms with Crippen molar-refractivity contribution in [3.05, 3.63) is 23.8 Å². The number of nitrogens with one attached hydrogen (secondary N) is 1. The first-order valence-corrected chi connectivity index (χ1v) is 4.38. The van der Waals surface area contributed by atoms with Gasteiger partial charge in [-0.05, 0) is 24.7 Å². The monoisotopic (exact) mass is 232 g/mol. The van der Waals surface area contributed by atoms with Crippen molar-refractivity contribution in [3.8, 4) is 11.5 Å². The minimum atomic E-state index is -0.588. The van der Waals surface area contributed by atoms with Gasteiger partial charge in [-0.25, -0.2) is 0 Å². The highest BCUT2D eigenvalue weighted by Gasteiger charge is 2.09. The molecule has 1 aromatic carbocycles. The number of hydrogen-bond acceptors (Lipinski definition) is 4. The number of aromatic hydroxyl groups is 1. The SMILES string of the molecule is CNCC(O)c1ccc(O)c(OC)c1.[Cl-]. The first-order chi connectivity index (χ1) is 6.69. The molecule has 1 unspecified atom stereocenters. The Morgan fingerprint density at radius 1 is 1.47 bits per heavy atom. The zero-order chi connectivity index (χ0) is 10.6. The average Bonchev–Trinajstić information content (AvgIpc) is 2.19. The molecule has 0 bridgehead atoms. The second-order valence-electron chi connectivity index (χ2n) is 3.00. The third-order valence-electron chi connectivity index (χ3n) is 1.99. The van der Waals surface area contributed by atoms with E-state index in [1.807, 2.05) is 0 Å². The van der Waals surface area contributed by atoms with E-state index in [4.69, 9.17) is 4.74 Å². The highest BCUT2D eigenvalue weighted by molar-refractivity contribution is 5.42. The molecule has 0 heterocycles. The first kappa shape index (κ1) is 14.0. The fraction of sp³-hybridized carbons (Fsp3) is 0.400. The maximum absolute atomic E-state index is 9.63. The topological polar surface area (TPSA) is 61.7 Å². The quantitative estimate of drug-likeness (QED) is 0.545. The second-order valence-corrected chi connectivity index (χ2v) is 3.00. The van der Waals surface area contributed by atoms with E-state index in [2.05, 4.69) is 5.32 Å². The molecule has 5 heteroatoms. The van der Waals surface area contributed by atoms with Gasteiger partial charge in [0.2, 0.25) is 0 Å². The third-order valence-corrected chi connectivity index (χ3v) is 1.99. The van der Waals surface area contributed by atoms with Crippen molar-refractivity contribution >= 4 is 0 Å². The molecule has 1 atom stereocenters. The van der Waals surface area contributed by atoms with Gasteiger partial charge in [-0.15, -0.1) is 0 Å². The summed E-state index contributed by atoms with van der Waals surface area (Å²) in [6, 6.07) is 4.80. The lowest BCUT2D eigenvalue weighted by molar-refractivity contribution is -0.00000582. The lowest BCUT2D eigenvalue weighted by atomic mass is 10.1. The van der Waals surface area contributed by atoms with Crippen molar-refractivity contribution in [1.82, 2.24) is 5.32 Å². The highest BCUT2D eigenvalue weighted by Crippen LogP contribution is 2.28. The van der Waals surface area contributed by atoms with Crippen molar-refractivity contribution in [2.75, 3.05) is 20.7 Å². The van der Waals surface area contributed by atoms with Crippen LogP contribution in [0.1, 0.15) is 11.7 Å². The van der Waals surface area contributed by atoms with E-state index in [0.29, 0.717) is 17.9 Å². The maximum atomic E-state index is 9.63. The Balaban J connectivity index is 0.00000196. The summed E-state index contributed by atoms with van der Waals surface area (Å²) >= 11 is 0. The van der Waals surface area contributed by atoms with Crippen LogP contribution in [0.5, 0.6) is 11.5 Å². The summed E-state index contributed by atoms with van der Waals surface area (Å²) in [5.74, 6) is 0.450. The van der Waals surface area contributed by atoms with Crippen LogP contribution in [0, 0.1) is 0 Å². The van der Waals surface area contributed by atoms with Crippen LogP contribution in [0.2, 0.25) is 0 Å². The Bertz CT molecular complexity index is 307. The predicted octanol–water partition coefficient (Wildman–Crippen LogP) is -2.34. The van der Waals surface area contributed by atoms with Crippen LogP contribution in [0.15, 0.2) is 18.2 Å². The van der Waals surface area contributed by atoms with Crippen LogP contribution in [0.25, 0.3) is 0 Å². The van der Waals surface area contributed by atoms with Crippen LogP contribution in [0.4, 0.5) is 0 Å². The molecule has 4 nitrogen and oxygen atoms in total. The number of methoxy groups -OCH3 is 1. The predicted molar refractivity (Wildman–Crippen MR) is 53.5 cm³/mol. The summed E-state index contributed by atoms with van der Waals surface area (Å²) in [4.78, 5) is 0. The number of ether oxygens (including phenoxy) is 1. The van der Waals surface area contributed by atoms with Gasteiger partial charge in [0.15, 0.2) is 11.5 Å². The minimum Gasteiger partial charge on any atom is -1.00 e. The largest absolute Gasteiger partial charge is 1.00 e. The van der Waals surface area contributed by atoms with Gasteiger partial charge in [-0.2, -0.15) is 0 Å². The summed E-state index contributed by atoms with van der Waals surface area (Å²) in [5.41, 5.74) is 0.717. The van der Waals surface area contributed by atoms with E-state index in [0.717, 1.165) is 0 Å². The van der Waals surface area contributed by atoms with Gasteiger partial charge in [-0.3, -0.25) is 0 Å². The molecule has 0 saturated heterocycles. The third kappa shape index (κ3) is 3.58. The smallest absolute Gasteiger partial charge is 0.160 e. The van der Waals surface area contributed by atoms with Crippen LogP contribution in [0.3, 0.4) is 0 Å². The minimum absolute atomic E-state index is 0. The van der Waals surface area contributed by atoms with Crippen molar-refractivity contribution in [2.24, 2.45) is 0 Å². The Hall–Kier alpha value is -0.970. The molecule has 0 spiro atoms. The average molecular weight is 233 g/mol. The van der Waals surface area contributed by atoms with E-state index < -0.39 is 6.10 Å². The van der Waals surface area contributed by atoms with Crippen molar-refractivity contribution in [1.29, 1.82) is 0 Å². The van der Waals surface area contributed by atoms with Crippen LogP contribution >= 0.6 is 0 Å².